The van der Waals surface area contributed by atoms with Crippen LogP contribution in [0.1, 0.15) is 38.5 Å². The van der Waals surface area contributed by atoms with E-state index in [1.807, 2.05) is 23.1 Å². The van der Waals surface area contributed by atoms with Gasteiger partial charge in [0.05, 0.1) is 6.54 Å². The summed E-state index contributed by atoms with van der Waals surface area (Å²) in [5, 5.41) is 3.44. The van der Waals surface area contributed by atoms with Crippen LogP contribution in [0.25, 0.3) is 0 Å². The maximum atomic E-state index is 12.2. The number of guanidine groups is 1. The standard InChI is InChI=1S/C19H28N4O/c24-18(22-13-7-8-14-22)11-12-20-19(23-15-5-2-6-16-23)21-17-9-3-1-4-10-17/h1,3-4,9-10H,2,5-8,11-16H2,(H,20,21). The minimum Gasteiger partial charge on any atom is -0.343 e. The zero-order valence-electron chi connectivity index (χ0n) is 14.4. The molecular weight excluding hydrogens is 300 g/mol. The fraction of sp³-hybridized carbons (Fsp3) is 0.579. The molecule has 3 rings (SSSR count). The molecule has 1 aromatic carbocycles. The lowest BCUT2D eigenvalue weighted by atomic mass is 10.1. The molecule has 0 atom stereocenters. The molecule has 2 fully saturated rings. The quantitative estimate of drug-likeness (QED) is 0.683. The van der Waals surface area contributed by atoms with Crippen LogP contribution in [0.5, 0.6) is 0 Å². The Morgan fingerprint density at radius 3 is 2.25 bits per heavy atom. The Morgan fingerprint density at radius 2 is 1.54 bits per heavy atom. The van der Waals surface area contributed by atoms with Gasteiger partial charge in [-0.1, -0.05) is 18.2 Å². The molecule has 2 aliphatic heterocycles. The van der Waals surface area contributed by atoms with Crippen LogP contribution in [0.4, 0.5) is 5.69 Å². The average molecular weight is 328 g/mol. The van der Waals surface area contributed by atoms with E-state index in [9.17, 15) is 4.79 Å². The highest BCUT2D eigenvalue weighted by atomic mass is 16.2. The van der Waals surface area contributed by atoms with E-state index in [1.54, 1.807) is 0 Å². The maximum absolute atomic E-state index is 12.2. The number of nitrogens with one attached hydrogen (secondary N) is 1. The molecule has 0 aromatic heterocycles. The van der Waals surface area contributed by atoms with Gasteiger partial charge in [0.1, 0.15) is 0 Å². The van der Waals surface area contributed by atoms with Gasteiger partial charge in [0.25, 0.3) is 0 Å². The predicted molar refractivity (Wildman–Crippen MR) is 98.2 cm³/mol. The van der Waals surface area contributed by atoms with Gasteiger partial charge < -0.3 is 15.1 Å². The molecule has 130 valence electrons. The van der Waals surface area contributed by atoms with E-state index in [0.717, 1.165) is 50.7 Å². The normalized spacial score (nSPS) is 18.8. The van der Waals surface area contributed by atoms with E-state index >= 15 is 0 Å². The van der Waals surface area contributed by atoms with Gasteiger partial charge in [0.15, 0.2) is 5.96 Å². The smallest absolute Gasteiger partial charge is 0.224 e. The van der Waals surface area contributed by atoms with Crippen molar-refractivity contribution in [3.8, 4) is 0 Å². The van der Waals surface area contributed by atoms with Crippen molar-refractivity contribution in [3.63, 3.8) is 0 Å². The molecule has 0 radical (unpaired) electrons. The molecule has 5 heteroatoms. The Morgan fingerprint density at radius 1 is 0.917 bits per heavy atom. The maximum Gasteiger partial charge on any atom is 0.224 e. The highest BCUT2D eigenvalue weighted by Crippen LogP contribution is 2.13. The van der Waals surface area contributed by atoms with Crippen molar-refractivity contribution in [2.45, 2.75) is 38.5 Å². The monoisotopic (exact) mass is 328 g/mol. The van der Waals surface area contributed by atoms with Crippen LogP contribution in [0.15, 0.2) is 35.3 Å². The predicted octanol–water partition coefficient (Wildman–Crippen LogP) is 2.95. The second kappa shape index (κ2) is 8.71. The van der Waals surface area contributed by atoms with E-state index < -0.39 is 0 Å². The number of hydrogen-bond acceptors (Lipinski definition) is 2. The molecule has 2 saturated heterocycles. The van der Waals surface area contributed by atoms with Crippen molar-refractivity contribution in [3.05, 3.63) is 30.3 Å². The van der Waals surface area contributed by atoms with E-state index in [4.69, 9.17) is 4.99 Å². The lowest BCUT2D eigenvalue weighted by Gasteiger charge is -2.30. The summed E-state index contributed by atoms with van der Waals surface area (Å²) in [6.45, 7) is 4.48. The number of nitrogens with zero attached hydrogens (tertiary/aromatic N) is 3. The Hall–Kier alpha value is -2.04. The number of amides is 1. The minimum absolute atomic E-state index is 0.244. The third-order valence-electron chi connectivity index (χ3n) is 4.73. The van der Waals surface area contributed by atoms with Crippen molar-refractivity contribution < 1.29 is 4.79 Å². The van der Waals surface area contributed by atoms with Gasteiger partial charge in [0, 0.05) is 38.3 Å². The fourth-order valence-electron chi connectivity index (χ4n) is 3.36. The van der Waals surface area contributed by atoms with E-state index in [2.05, 4.69) is 22.3 Å². The van der Waals surface area contributed by atoms with Crippen LogP contribution in [0.2, 0.25) is 0 Å². The number of benzene rings is 1. The number of para-hydroxylation sites is 1. The van der Waals surface area contributed by atoms with Crippen molar-refractivity contribution in [2.24, 2.45) is 4.99 Å². The number of likely N-dealkylation sites (tertiary alicyclic amines) is 2. The van der Waals surface area contributed by atoms with Crippen LogP contribution in [-0.4, -0.2) is 54.4 Å². The van der Waals surface area contributed by atoms with Crippen molar-refractivity contribution in [2.75, 3.05) is 38.0 Å². The van der Waals surface area contributed by atoms with Gasteiger partial charge >= 0.3 is 0 Å². The summed E-state index contributed by atoms with van der Waals surface area (Å²) in [6.07, 6.45) is 6.51. The summed E-state index contributed by atoms with van der Waals surface area (Å²) < 4.78 is 0. The summed E-state index contributed by atoms with van der Waals surface area (Å²) in [4.78, 5) is 21.2. The number of carbonyl (C=O) groups is 1. The van der Waals surface area contributed by atoms with Crippen LogP contribution >= 0.6 is 0 Å². The van der Waals surface area contributed by atoms with Crippen molar-refractivity contribution in [1.82, 2.24) is 9.80 Å². The molecule has 0 unspecified atom stereocenters. The SMILES string of the molecule is O=C(CCN=C(Nc1ccccc1)N1CCCCC1)N1CCCC1. The fourth-order valence-corrected chi connectivity index (χ4v) is 3.36. The molecular formula is C19H28N4O. The van der Waals surface area contributed by atoms with E-state index in [-0.39, 0.29) is 5.91 Å². The first kappa shape index (κ1) is 16.8. The molecule has 0 saturated carbocycles. The van der Waals surface area contributed by atoms with Crippen molar-refractivity contribution in [1.29, 1.82) is 0 Å². The van der Waals surface area contributed by atoms with Crippen LogP contribution in [-0.2, 0) is 4.79 Å². The summed E-state index contributed by atoms with van der Waals surface area (Å²) in [6, 6.07) is 10.2. The average Bonchev–Trinajstić information content (AvgIpc) is 3.17. The number of aliphatic imine (C=N–C) groups is 1. The molecule has 2 aliphatic rings. The van der Waals surface area contributed by atoms with E-state index in [0.29, 0.717) is 13.0 Å². The summed E-state index contributed by atoms with van der Waals surface area (Å²) in [5.41, 5.74) is 1.05. The number of piperidine rings is 1. The zero-order valence-corrected chi connectivity index (χ0v) is 14.4. The number of carbonyl (C=O) groups excluding carboxylic acids is 1. The number of rotatable bonds is 4. The van der Waals surface area contributed by atoms with Crippen molar-refractivity contribution >= 4 is 17.6 Å². The number of hydrogen-bond donors (Lipinski definition) is 1. The second-order valence-electron chi connectivity index (χ2n) is 6.58. The summed E-state index contributed by atoms with van der Waals surface area (Å²) in [5.74, 6) is 1.16. The zero-order chi connectivity index (χ0) is 16.6. The lowest BCUT2D eigenvalue weighted by molar-refractivity contribution is -0.129. The van der Waals surface area contributed by atoms with Gasteiger partial charge in [-0.25, -0.2) is 0 Å². The third-order valence-corrected chi connectivity index (χ3v) is 4.73. The minimum atomic E-state index is 0.244. The molecule has 1 N–H and O–H groups in total. The Labute approximate surface area is 144 Å². The van der Waals surface area contributed by atoms with Gasteiger partial charge in [-0.3, -0.25) is 9.79 Å². The summed E-state index contributed by atoms with van der Waals surface area (Å²) in [7, 11) is 0. The molecule has 5 nitrogen and oxygen atoms in total. The first-order valence-corrected chi connectivity index (χ1v) is 9.22. The van der Waals surface area contributed by atoms with Gasteiger partial charge in [-0.2, -0.15) is 0 Å². The van der Waals surface area contributed by atoms with Crippen LogP contribution < -0.4 is 5.32 Å². The van der Waals surface area contributed by atoms with Crippen LogP contribution in [0, 0.1) is 0 Å². The molecule has 1 amide bonds. The number of anilines is 1. The lowest BCUT2D eigenvalue weighted by Crippen LogP contribution is -2.40. The summed E-state index contributed by atoms with van der Waals surface area (Å²) >= 11 is 0. The highest BCUT2D eigenvalue weighted by molar-refractivity contribution is 5.93. The van der Waals surface area contributed by atoms with Gasteiger partial charge in [0.2, 0.25) is 5.91 Å². The van der Waals surface area contributed by atoms with Gasteiger partial charge in [-0.15, -0.1) is 0 Å². The Kier molecular flexibility index (Phi) is 6.10. The first-order chi connectivity index (χ1) is 11.8. The Balaban J connectivity index is 1.60. The highest BCUT2D eigenvalue weighted by Gasteiger charge is 2.18. The molecule has 2 heterocycles. The topological polar surface area (TPSA) is 47.9 Å². The van der Waals surface area contributed by atoms with Gasteiger partial charge in [-0.05, 0) is 44.2 Å². The second-order valence-corrected chi connectivity index (χ2v) is 6.58. The molecule has 0 aliphatic carbocycles. The van der Waals surface area contributed by atoms with Crippen LogP contribution in [0.3, 0.4) is 0 Å². The largest absolute Gasteiger partial charge is 0.343 e. The Bertz CT molecular complexity index is 546. The molecule has 0 bridgehead atoms. The molecule has 1 aromatic rings. The molecule has 0 spiro atoms. The van der Waals surface area contributed by atoms with E-state index in [1.165, 1.54) is 19.3 Å². The molecule has 24 heavy (non-hydrogen) atoms. The first-order valence-electron chi connectivity index (χ1n) is 9.22. The third kappa shape index (κ3) is 4.73.